The second-order valence-electron chi connectivity index (χ2n) is 9.03. The summed E-state index contributed by atoms with van der Waals surface area (Å²) in [6, 6.07) is 4.38. The number of H-pyrrole nitrogens is 1. The Bertz CT molecular complexity index is 1210. The summed E-state index contributed by atoms with van der Waals surface area (Å²) in [4.78, 5) is 38.6. The maximum Gasteiger partial charge on any atom is 0.255 e. The number of nitrogens with one attached hydrogen (secondary N) is 2. The molecule has 2 aromatic heterocycles. The summed E-state index contributed by atoms with van der Waals surface area (Å²) in [7, 11) is 0. The van der Waals surface area contributed by atoms with Gasteiger partial charge in [0.2, 0.25) is 5.91 Å². The third-order valence-corrected chi connectivity index (χ3v) is 6.56. The van der Waals surface area contributed by atoms with Crippen LogP contribution in [0.25, 0.3) is 22.3 Å². The van der Waals surface area contributed by atoms with Gasteiger partial charge in [-0.1, -0.05) is 6.92 Å². The number of carbonyl (C=O) groups is 2. The van der Waals surface area contributed by atoms with Crippen molar-refractivity contribution in [3.8, 4) is 17.0 Å². The zero-order valence-electron chi connectivity index (χ0n) is 19.1. The molecule has 1 aliphatic carbocycles. The highest BCUT2D eigenvalue weighted by atomic mass is 19.1. The number of halogens is 1. The van der Waals surface area contributed by atoms with E-state index in [1.165, 1.54) is 18.5 Å². The van der Waals surface area contributed by atoms with Crippen LogP contribution in [0.2, 0.25) is 0 Å². The van der Waals surface area contributed by atoms with E-state index in [1.807, 2.05) is 11.8 Å². The number of fused-ring (bicyclic) bond motifs is 1. The minimum Gasteiger partial charge on any atom is -0.493 e. The summed E-state index contributed by atoms with van der Waals surface area (Å²) >= 11 is 0. The Labute approximate surface area is 196 Å². The molecular weight excluding hydrogens is 437 g/mol. The molecule has 2 amide bonds. The molecule has 1 saturated carbocycles. The number of hydrogen-bond acceptors (Lipinski definition) is 5. The Morgan fingerprint density at radius 1 is 1.21 bits per heavy atom. The smallest absolute Gasteiger partial charge is 0.255 e. The average molecular weight is 466 g/mol. The van der Waals surface area contributed by atoms with Crippen molar-refractivity contribution < 1.29 is 18.7 Å². The van der Waals surface area contributed by atoms with Crippen LogP contribution in [0.5, 0.6) is 5.75 Å². The van der Waals surface area contributed by atoms with E-state index in [9.17, 15) is 14.0 Å². The van der Waals surface area contributed by atoms with E-state index in [-0.39, 0.29) is 17.9 Å². The number of likely N-dealkylation sites (tertiary alicyclic amines) is 1. The number of aromatic nitrogens is 3. The number of nitrogens with zero attached hydrogens (tertiary/aromatic N) is 3. The summed E-state index contributed by atoms with van der Waals surface area (Å²) in [5.74, 6) is 0.625. The summed E-state index contributed by atoms with van der Waals surface area (Å²) in [5, 5.41) is 3.07. The molecule has 0 spiro atoms. The molecule has 3 heterocycles. The Hall–Kier alpha value is -3.49. The molecule has 2 aliphatic rings. The highest BCUT2D eigenvalue weighted by Gasteiger charge is 2.26. The van der Waals surface area contributed by atoms with E-state index in [1.54, 1.807) is 12.3 Å². The number of ether oxygens (including phenoxy) is 1. The molecule has 34 heavy (non-hydrogen) atoms. The maximum atomic E-state index is 14.1. The first-order valence-electron chi connectivity index (χ1n) is 11.9. The third kappa shape index (κ3) is 4.60. The fraction of sp³-hybridized carbons (Fsp3) is 0.440. The van der Waals surface area contributed by atoms with E-state index in [4.69, 9.17) is 4.74 Å². The van der Waals surface area contributed by atoms with E-state index in [2.05, 4.69) is 20.3 Å². The summed E-state index contributed by atoms with van der Waals surface area (Å²) in [6.45, 7) is 3.73. The van der Waals surface area contributed by atoms with E-state index in [0.29, 0.717) is 78.5 Å². The molecule has 178 valence electrons. The molecule has 8 nitrogen and oxygen atoms in total. The minimum atomic E-state index is -0.391. The summed E-state index contributed by atoms with van der Waals surface area (Å²) < 4.78 is 20.1. The first-order chi connectivity index (χ1) is 16.5. The normalized spacial score (nSPS) is 16.6. The average Bonchev–Trinajstić information content (AvgIpc) is 3.58. The van der Waals surface area contributed by atoms with Crippen LogP contribution in [-0.4, -0.2) is 57.4 Å². The van der Waals surface area contributed by atoms with Gasteiger partial charge in [0.1, 0.15) is 29.1 Å². The van der Waals surface area contributed by atoms with Crippen LogP contribution < -0.4 is 10.1 Å². The topological polar surface area (TPSA) is 100 Å². The highest BCUT2D eigenvalue weighted by molar-refractivity contribution is 6.07. The number of amides is 2. The van der Waals surface area contributed by atoms with Crippen molar-refractivity contribution in [2.75, 3.05) is 19.7 Å². The molecule has 1 saturated heterocycles. The summed E-state index contributed by atoms with van der Waals surface area (Å²) in [6.07, 6.45) is 7.21. The fourth-order valence-corrected chi connectivity index (χ4v) is 4.38. The number of hydrogen-bond donors (Lipinski definition) is 2. The lowest BCUT2D eigenvalue weighted by Crippen LogP contribution is -2.46. The molecule has 0 atom stereocenters. The Balaban J connectivity index is 1.36. The first kappa shape index (κ1) is 22.3. The third-order valence-electron chi connectivity index (χ3n) is 6.56. The van der Waals surface area contributed by atoms with Gasteiger partial charge in [0.25, 0.3) is 5.91 Å². The fourth-order valence-electron chi connectivity index (χ4n) is 4.38. The van der Waals surface area contributed by atoms with Gasteiger partial charge in [-0.2, -0.15) is 0 Å². The maximum absolute atomic E-state index is 14.1. The molecule has 5 rings (SSSR count). The number of aromatic amines is 1. The Morgan fingerprint density at radius 2 is 2.00 bits per heavy atom. The first-order valence-corrected chi connectivity index (χ1v) is 11.9. The van der Waals surface area contributed by atoms with E-state index in [0.717, 1.165) is 12.8 Å². The standard InChI is InChI=1S/C25H28FN5O3/c1-2-21(32)31-9-7-17(8-10-31)30-25(33)19-12-27-24-22(28-14-29-23(19)24)18-11-16(26)5-6-20(18)34-13-15-3-4-15/h5-6,11-12,14-15,17,27H,2-4,7-10,13H2,1H3,(H,30,33). The van der Waals surface area contributed by atoms with Crippen LogP contribution in [0, 0.1) is 11.7 Å². The van der Waals surface area contributed by atoms with Crippen molar-refractivity contribution in [3.05, 3.63) is 42.1 Å². The number of carbonyl (C=O) groups excluding carboxylic acids is 2. The lowest BCUT2D eigenvalue weighted by Gasteiger charge is -2.32. The lowest BCUT2D eigenvalue weighted by molar-refractivity contribution is -0.131. The van der Waals surface area contributed by atoms with Gasteiger partial charge in [0, 0.05) is 37.3 Å². The van der Waals surface area contributed by atoms with Crippen LogP contribution in [0.15, 0.2) is 30.7 Å². The van der Waals surface area contributed by atoms with Crippen molar-refractivity contribution in [1.29, 1.82) is 0 Å². The number of benzene rings is 1. The number of piperidine rings is 1. The van der Waals surface area contributed by atoms with Crippen molar-refractivity contribution in [2.24, 2.45) is 5.92 Å². The zero-order valence-corrected chi connectivity index (χ0v) is 19.1. The van der Waals surface area contributed by atoms with Crippen LogP contribution in [0.1, 0.15) is 49.4 Å². The van der Waals surface area contributed by atoms with Gasteiger partial charge < -0.3 is 19.9 Å². The molecule has 2 fully saturated rings. The van der Waals surface area contributed by atoms with Gasteiger partial charge in [-0.25, -0.2) is 14.4 Å². The van der Waals surface area contributed by atoms with Gasteiger partial charge in [-0.15, -0.1) is 0 Å². The molecule has 3 aromatic rings. The number of rotatable bonds is 7. The van der Waals surface area contributed by atoms with Crippen LogP contribution in [0.4, 0.5) is 4.39 Å². The molecule has 0 unspecified atom stereocenters. The molecule has 0 bridgehead atoms. The van der Waals surface area contributed by atoms with Crippen LogP contribution >= 0.6 is 0 Å². The molecule has 1 aromatic carbocycles. The highest BCUT2D eigenvalue weighted by Crippen LogP contribution is 2.36. The van der Waals surface area contributed by atoms with Gasteiger partial charge in [0.05, 0.1) is 17.7 Å². The van der Waals surface area contributed by atoms with Gasteiger partial charge in [-0.05, 0) is 49.8 Å². The summed E-state index contributed by atoms with van der Waals surface area (Å²) in [5.41, 5.74) is 2.44. The van der Waals surface area contributed by atoms with Crippen molar-refractivity contribution in [2.45, 2.75) is 45.1 Å². The SMILES string of the molecule is CCC(=O)N1CCC(NC(=O)c2c[nH]c3c(-c4cc(F)ccc4OCC4CC4)ncnc23)CC1. The predicted molar refractivity (Wildman–Crippen MR) is 125 cm³/mol. The molecule has 9 heteroatoms. The van der Waals surface area contributed by atoms with Gasteiger partial charge in [-0.3, -0.25) is 9.59 Å². The largest absolute Gasteiger partial charge is 0.493 e. The van der Waals surface area contributed by atoms with Crippen molar-refractivity contribution >= 4 is 22.8 Å². The van der Waals surface area contributed by atoms with Crippen molar-refractivity contribution in [1.82, 2.24) is 25.2 Å². The van der Waals surface area contributed by atoms with Crippen LogP contribution in [0.3, 0.4) is 0 Å². The van der Waals surface area contributed by atoms with Gasteiger partial charge in [0.15, 0.2) is 0 Å². The molecular formula is C25H28FN5O3. The van der Waals surface area contributed by atoms with Gasteiger partial charge >= 0.3 is 0 Å². The Morgan fingerprint density at radius 3 is 2.74 bits per heavy atom. The molecule has 2 N–H and O–H groups in total. The second kappa shape index (κ2) is 9.40. The monoisotopic (exact) mass is 465 g/mol. The predicted octanol–water partition coefficient (Wildman–Crippen LogP) is 3.68. The van der Waals surface area contributed by atoms with Crippen molar-refractivity contribution in [3.63, 3.8) is 0 Å². The minimum absolute atomic E-state index is 0.00897. The Kier molecular flexibility index (Phi) is 6.17. The molecule has 0 radical (unpaired) electrons. The zero-order chi connectivity index (χ0) is 23.7. The quantitative estimate of drug-likeness (QED) is 0.554. The van der Waals surface area contributed by atoms with Crippen LogP contribution in [-0.2, 0) is 4.79 Å². The van der Waals surface area contributed by atoms with E-state index >= 15 is 0 Å². The lowest BCUT2D eigenvalue weighted by atomic mass is 10.0. The van der Waals surface area contributed by atoms with E-state index < -0.39 is 5.82 Å². The second-order valence-corrected chi connectivity index (χ2v) is 9.03. The molecule has 1 aliphatic heterocycles.